The smallest absolute Gasteiger partial charge is 0.171 e. The van der Waals surface area contributed by atoms with Crippen molar-refractivity contribution in [2.24, 2.45) is 19.1 Å². The van der Waals surface area contributed by atoms with E-state index in [1.54, 1.807) is 0 Å². The van der Waals surface area contributed by atoms with Crippen molar-refractivity contribution in [1.82, 2.24) is 0 Å². The zero-order chi connectivity index (χ0) is 41.5. The highest BCUT2D eigenvalue weighted by Gasteiger charge is 2.40. The highest BCUT2D eigenvalue weighted by atomic mass is 31.2. The molecule has 0 spiro atoms. The lowest BCUT2D eigenvalue weighted by Crippen LogP contribution is -2.35. The Bertz CT molecular complexity index is 1990. The summed E-state index contributed by atoms with van der Waals surface area (Å²) in [4.78, 5) is 0. The fourth-order valence-corrected chi connectivity index (χ4v) is 34.2. The Balaban J connectivity index is 1.78. The van der Waals surface area contributed by atoms with Crippen LogP contribution in [-0.2, 0) is 0 Å². The van der Waals surface area contributed by atoms with Crippen LogP contribution in [0, 0.1) is 5.92 Å². The Kier molecular flexibility index (Phi) is 14.1. The molecule has 0 radical (unpaired) electrons. The van der Waals surface area contributed by atoms with Crippen molar-refractivity contribution in [3.63, 3.8) is 0 Å². The monoisotopic (exact) mass is 871 g/mol. The van der Waals surface area contributed by atoms with Crippen LogP contribution >= 0.6 is 21.2 Å². The molecule has 0 aliphatic rings. The summed E-state index contributed by atoms with van der Waals surface area (Å²) in [6.07, 6.45) is 2.91. The number of rotatable bonds is 15. The van der Waals surface area contributed by atoms with Gasteiger partial charge in [-0.05, 0) is 56.2 Å². The first kappa shape index (κ1) is 44.2. The van der Waals surface area contributed by atoms with Gasteiger partial charge in [0.1, 0.15) is 0 Å². The van der Waals surface area contributed by atoms with Gasteiger partial charge in [0, 0.05) is 21.2 Å². The number of benzene rings is 6. The first-order valence-corrected chi connectivity index (χ1v) is 36.9. The third-order valence-corrected chi connectivity index (χ3v) is 31.4. The van der Waals surface area contributed by atoms with Crippen LogP contribution in [0.5, 0.6) is 0 Å². The van der Waals surface area contributed by atoms with Crippen LogP contribution in [0.3, 0.4) is 0 Å². The molecular formula is C49H64N3P3Si3. The van der Waals surface area contributed by atoms with Crippen LogP contribution in [0.1, 0.15) is 0 Å². The average molecular weight is 872 g/mol. The van der Waals surface area contributed by atoms with Crippen molar-refractivity contribution in [2.75, 3.05) is 18.5 Å². The zero-order valence-electron chi connectivity index (χ0n) is 36.2. The molecule has 9 heteroatoms. The maximum Gasteiger partial charge on any atom is 0.171 e. The van der Waals surface area contributed by atoms with E-state index < -0.39 is 45.9 Å². The van der Waals surface area contributed by atoms with E-state index in [0.717, 1.165) is 18.5 Å². The van der Waals surface area contributed by atoms with Crippen molar-refractivity contribution in [3.05, 3.63) is 182 Å². The van der Waals surface area contributed by atoms with E-state index in [1.165, 1.54) is 31.8 Å². The summed E-state index contributed by atoms with van der Waals surface area (Å²) in [5.41, 5.74) is 0. The molecule has 302 valence electrons. The topological polar surface area (TPSA) is 37.1 Å². The van der Waals surface area contributed by atoms with Gasteiger partial charge >= 0.3 is 0 Å². The van der Waals surface area contributed by atoms with Crippen LogP contribution in [0.15, 0.2) is 195 Å². The molecule has 0 amide bonds. The Morgan fingerprint density at radius 1 is 0.293 bits per heavy atom. The second-order valence-electron chi connectivity index (χ2n) is 18.5. The van der Waals surface area contributed by atoms with Crippen LogP contribution in [0.4, 0.5) is 0 Å². The summed E-state index contributed by atoms with van der Waals surface area (Å²) in [6, 6.07) is 68.4. The maximum absolute atomic E-state index is 6.25. The van der Waals surface area contributed by atoms with Crippen molar-refractivity contribution < 1.29 is 0 Å². The fourth-order valence-electron chi connectivity index (χ4n) is 8.43. The van der Waals surface area contributed by atoms with Crippen molar-refractivity contribution in [3.8, 4) is 0 Å². The lowest BCUT2D eigenvalue weighted by atomic mass is 10.3. The standard InChI is InChI=1S/C49H64N3P3Si3/c1-56(2,3)50-53(44-28-16-10-17-29-44,45-30-18-11-19-31-45)40-43(41-54(51-57(4,5)6,46-32-20-12-21-33-46)47-34-22-13-23-35-47)42-55(52-58(7,8)9,48-36-24-14-25-37-48)49-38-26-15-27-39-49/h10-39,43H,40-42H2,1-9H3. The number of hydrogen-bond donors (Lipinski definition) is 0. The van der Waals surface area contributed by atoms with Crippen molar-refractivity contribution in [1.29, 1.82) is 0 Å². The molecular weight excluding hydrogens is 808 g/mol. The molecule has 0 saturated heterocycles. The molecule has 0 bridgehead atoms. The van der Waals surface area contributed by atoms with E-state index in [9.17, 15) is 0 Å². The predicted octanol–water partition coefficient (Wildman–Crippen LogP) is 12.7. The largest absolute Gasteiger partial charge is 0.329 e. The third kappa shape index (κ3) is 10.9. The van der Waals surface area contributed by atoms with Gasteiger partial charge in [0.15, 0.2) is 24.7 Å². The zero-order valence-corrected chi connectivity index (χ0v) is 41.9. The Morgan fingerprint density at radius 2 is 0.448 bits per heavy atom. The van der Waals surface area contributed by atoms with Gasteiger partial charge in [0.25, 0.3) is 0 Å². The lowest BCUT2D eigenvalue weighted by molar-refractivity contribution is 0.762. The molecule has 0 heterocycles. The Hall–Kier alpha value is -3.34. The molecule has 0 N–H and O–H groups in total. The molecule has 0 aliphatic carbocycles. The summed E-state index contributed by atoms with van der Waals surface area (Å²) in [6.45, 7) is 21.9. The molecule has 0 atom stereocenters. The van der Waals surface area contributed by atoms with Gasteiger partial charge in [-0.15, -0.1) is 0 Å². The first-order valence-electron chi connectivity index (χ1n) is 20.7. The van der Waals surface area contributed by atoms with Crippen molar-refractivity contribution in [2.45, 2.75) is 58.9 Å². The molecule has 3 nitrogen and oxygen atoms in total. The predicted molar refractivity (Wildman–Crippen MR) is 273 cm³/mol. The number of hydrogen-bond acceptors (Lipinski definition) is 3. The molecule has 0 fully saturated rings. The molecule has 6 aromatic rings. The molecule has 6 aromatic carbocycles. The maximum atomic E-state index is 6.25. The highest BCUT2D eigenvalue weighted by Crippen LogP contribution is 2.60. The molecule has 58 heavy (non-hydrogen) atoms. The van der Waals surface area contributed by atoms with E-state index in [-0.39, 0.29) is 5.92 Å². The summed E-state index contributed by atoms with van der Waals surface area (Å²) >= 11 is 0. The SMILES string of the molecule is C[Si](C)(C)N=P(CC(CP(=N[Si](C)(C)C)(c1ccccc1)c1ccccc1)CP(=N[Si](C)(C)C)(c1ccccc1)c1ccccc1)(c1ccccc1)c1ccccc1. The van der Waals surface area contributed by atoms with Gasteiger partial charge in [0.2, 0.25) is 0 Å². The van der Waals surface area contributed by atoms with Crippen LogP contribution in [0.25, 0.3) is 0 Å². The molecule has 6 rings (SSSR count). The van der Waals surface area contributed by atoms with E-state index >= 15 is 0 Å². The summed E-state index contributed by atoms with van der Waals surface area (Å²) in [5.74, 6) is 0.233. The molecule has 0 aromatic heterocycles. The average Bonchev–Trinajstić information content (AvgIpc) is 3.20. The van der Waals surface area contributed by atoms with Gasteiger partial charge < -0.3 is 13.2 Å². The molecule has 0 saturated carbocycles. The quantitative estimate of drug-likeness (QED) is 0.0728. The van der Waals surface area contributed by atoms with Crippen molar-refractivity contribution >= 4 is 77.7 Å². The van der Waals surface area contributed by atoms with Gasteiger partial charge in [-0.25, -0.2) is 0 Å². The fraction of sp³-hybridized carbons (Fsp3) is 0.265. The van der Waals surface area contributed by atoms with E-state index in [4.69, 9.17) is 13.2 Å². The summed E-state index contributed by atoms with van der Waals surface area (Å²) in [5, 5.41) is 8.28. The van der Waals surface area contributed by atoms with Gasteiger partial charge in [-0.3, -0.25) is 0 Å². The van der Waals surface area contributed by atoms with E-state index in [2.05, 4.69) is 241 Å². The minimum atomic E-state index is -2.36. The highest BCUT2D eigenvalue weighted by molar-refractivity contribution is 7.83. The van der Waals surface area contributed by atoms with Crippen LogP contribution in [0.2, 0.25) is 58.9 Å². The third-order valence-electron chi connectivity index (χ3n) is 10.1. The Morgan fingerprint density at radius 3 is 0.586 bits per heavy atom. The van der Waals surface area contributed by atoms with Gasteiger partial charge in [-0.1, -0.05) is 241 Å². The van der Waals surface area contributed by atoms with Crippen LogP contribution in [-0.4, -0.2) is 43.2 Å². The Labute approximate surface area is 354 Å². The summed E-state index contributed by atoms with van der Waals surface area (Å²) < 4.78 is 18.8. The lowest BCUT2D eigenvalue weighted by Gasteiger charge is -2.40. The second-order valence-corrected chi connectivity index (χ2v) is 42.8. The first-order chi connectivity index (χ1) is 27.5. The second kappa shape index (κ2) is 18.5. The van der Waals surface area contributed by atoms with Gasteiger partial charge in [-0.2, -0.15) is 0 Å². The van der Waals surface area contributed by atoms with Gasteiger partial charge in [0.05, 0.1) is 0 Å². The minimum Gasteiger partial charge on any atom is -0.329 e. The van der Waals surface area contributed by atoms with E-state index in [1.807, 2.05) is 0 Å². The number of nitrogens with zero attached hydrogens (tertiary/aromatic N) is 3. The van der Waals surface area contributed by atoms with Crippen LogP contribution < -0.4 is 31.8 Å². The summed E-state index contributed by atoms with van der Waals surface area (Å²) in [7, 11) is -13.1. The molecule has 0 aliphatic heterocycles. The minimum absolute atomic E-state index is 0.233. The normalized spacial score (nSPS) is 12.9. The molecule has 0 unspecified atom stereocenters. The van der Waals surface area contributed by atoms with E-state index in [0.29, 0.717) is 0 Å².